The Hall–Kier alpha value is -2.11. The summed E-state index contributed by atoms with van der Waals surface area (Å²) >= 11 is 0. The standard InChI is InChI=1S/C11H13N3O3/c1-6-9(7(2)14(3)12-6)4-8-5-10(11(15)16)13-17-8/h5H,4H2,1-3H3,(H,15,16). The van der Waals surface area contributed by atoms with Gasteiger partial charge in [0.1, 0.15) is 5.76 Å². The van der Waals surface area contributed by atoms with Crippen molar-refractivity contribution in [2.75, 3.05) is 0 Å². The Bertz CT molecular complexity index is 569. The summed E-state index contributed by atoms with van der Waals surface area (Å²) in [5, 5.41) is 16.5. The molecular formula is C11H13N3O3. The first-order chi connectivity index (χ1) is 7.99. The molecule has 6 nitrogen and oxygen atoms in total. The van der Waals surface area contributed by atoms with Crippen molar-refractivity contribution in [3.05, 3.63) is 34.5 Å². The Labute approximate surface area is 97.8 Å². The van der Waals surface area contributed by atoms with Gasteiger partial charge in [-0.3, -0.25) is 4.68 Å². The smallest absolute Gasteiger partial charge is 0.358 e. The van der Waals surface area contributed by atoms with Gasteiger partial charge in [0, 0.05) is 30.8 Å². The number of carbonyl (C=O) groups is 1. The van der Waals surface area contributed by atoms with Gasteiger partial charge in [-0.1, -0.05) is 5.16 Å². The molecule has 2 rings (SSSR count). The Morgan fingerprint density at radius 3 is 2.71 bits per heavy atom. The summed E-state index contributed by atoms with van der Waals surface area (Å²) < 4.78 is 6.77. The summed E-state index contributed by atoms with van der Waals surface area (Å²) in [6, 6.07) is 1.44. The van der Waals surface area contributed by atoms with Crippen LogP contribution in [0.5, 0.6) is 0 Å². The monoisotopic (exact) mass is 235 g/mol. The zero-order chi connectivity index (χ0) is 12.6. The van der Waals surface area contributed by atoms with Crippen LogP contribution in [-0.2, 0) is 13.5 Å². The van der Waals surface area contributed by atoms with Crippen LogP contribution in [0.3, 0.4) is 0 Å². The van der Waals surface area contributed by atoms with Crippen molar-refractivity contribution in [3.63, 3.8) is 0 Å². The third-order valence-corrected chi connectivity index (χ3v) is 2.79. The first kappa shape index (κ1) is 11.4. The SMILES string of the molecule is Cc1nn(C)c(C)c1Cc1cc(C(=O)O)no1. The fourth-order valence-corrected chi connectivity index (χ4v) is 1.74. The Morgan fingerprint density at radius 1 is 1.53 bits per heavy atom. The quantitative estimate of drug-likeness (QED) is 0.867. The summed E-state index contributed by atoms with van der Waals surface area (Å²) in [5.74, 6) is -0.554. The molecule has 17 heavy (non-hydrogen) atoms. The lowest BCUT2D eigenvalue weighted by molar-refractivity contribution is 0.0685. The summed E-state index contributed by atoms with van der Waals surface area (Å²) in [6.45, 7) is 3.88. The summed E-state index contributed by atoms with van der Waals surface area (Å²) in [4.78, 5) is 10.7. The second-order valence-corrected chi connectivity index (χ2v) is 3.93. The molecule has 0 aliphatic rings. The molecule has 0 radical (unpaired) electrons. The molecule has 0 aliphatic heterocycles. The third-order valence-electron chi connectivity index (χ3n) is 2.79. The van der Waals surface area contributed by atoms with Crippen molar-refractivity contribution < 1.29 is 14.4 Å². The van der Waals surface area contributed by atoms with E-state index in [0.29, 0.717) is 12.2 Å². The van der Waals surface area contributed by atoms with Gasteiger partial charge in [0.25, 0.3) is 0 Å². The number of hydrogen-bond donors (Lipinski definition) is 1. The fourth-order valence-electron chi connectivity index (χ4n) is 1.74. The lowest BCUT2D eigenvalue weighted by Gasteiger charge is -1.97. The van der Waals surface area contributed by atoms with E-state index in [1.807, 2.05) is 20.9 Å². The molecule has 0 aliphatic carbocycles. The molecule has 1 N–H and O–H groups in total. The summed E-state index contributed by atoms with van der Waals surface area (Å²) in [5.41, 5.74) is 2.92. The first-order valence-electron chi connectivity index (χ1n) is 5.17. The number of hydrogen-bond acceptors (Lipinski definition) is 4. The predicted molar refractivity (Wildman–Crippen MR) is 59.0 cm³/mol. The number of aromatic carboxylic acids is 1. The lowest BCUT2D eigenvalue weighted by Crippen LogP contribution is -1.95. The van der Waals surface area contributed by atoms with Crippen molar-refractivity contribution >= 4 is 5.97 Å². The largest absolute Gasteiger partial charge is 0.476 e. The van der Waals surface area contributed by atoms with E-state index in [0.717, 1.165) is 17.0 Å². The van der Waals surface area contributed by atoms with Crippen LogP contribution in [0.25, 0.3) is 0 Å². The molecule has 0 spiro atoms. The average molecular weight is 235 g/mol. The van der Waals surface area contributed by atoms with Gasteiger partial charge in [-0.15, -0.1) is 0 Å². The predicted octanol–water partition coefficient (Wildman–Crippen LogP) is 1.31. The molecule has 0 aromatic carbocycles. The van der Waals surface area contributed by atoms with Crippen LogP contribution in [0.4, 0.5) is 0 Å². The van der Waals surface area contributed by atoms with Gasteiger partial charge in [0.15, 0.2) is 5.69 Å². The van der Waals surface area contributed by atoms with Gasteiger partial charge >= 0.3 is 5.97 Å². The number of aryl methyl sites for hydroxylation is 2. The van der Waals surface area contributed by atoms with Gasteiger partial charge in [-0.05, 0) is 13.8 Å². The van der Waals surface area contributed by atoms with E-state index in [2.05, 4.69) is 10.3 Å². The number of nitrogens with zero attached hydrogens (tertiary/aromatic N) is 3. The van der Waals surface area contributed by atoms with E-state index in [-0.39, 0.29) is 5.69 Å². The van der Waals surface area contributed by atoms with E-state index in [4.69, 9.17) is 9.63 Å². The van der Waals surface area contributed by atoms with Crippen molar-refractivity contribution in [1.82, 2.24) is 14.9 Å². The van der Waals surface area contributed by atoms with E-state index < -0.39 is 5.97 Å². The Kier molecular flexibility index (Phi) is 2.71. The van der Waals surface area contributed by atoms with Crippen LogP contribution in [0.1, 0.15) is 33.2 Å². The molecule has 0 saturated carbocycles. The van der Waals surface area contributed by atoms with Crippen molar-refractivity contribution in [3.8, 4) is 0 Å². The molecule has 2 aromatic rings. The van der Waals surface area contributed by atoms with Crippen LogP contribution >= 0.6 is 0 Å². The zero-order valence-corrected chi connectivity index (χ0v) is 9.89. The third kappa shape index (κ3) is 2.06. The average Bonchev–Trinajstić information content (AvgIpc) is 2.80. The minimum Gasteiger partial charge on any atom is -0.476 e. The maximum absolute atomic E-state index is 10.7. The van der Waals surface area contributed by atoms with Gasteiger partial charge in [-0.25, -0.2) is 4.79 Å². The number of aromatic nitrogens is 3. The molecule has 0 unspecified atom stereocenters. The first-order valence-corrected chi connectivity index (χ1v) is 5.17. The highest BCUT2D eigenvalue weighted by Crippen LogP contribution is 2.17. The molecule has 6 heteroatoms. The highest BCUT2D eigenvalue weighted by molar-refractivity contribution is 5.85. The maximum Gasteiger partial charge on any atom is 0.358 e. The van der Waals surface area contributed by atoms with Gasteiger partial charge in [0.2, 0.25) is 0 Å². The minimum absolute atomic E-state index is 0.0702. The summed E-state index contributed by atoms with van der Waals surface area (Å²) in [6.07, 6.45) is 0.506. The Morgan fingerprint density at radius 2 is 2.24 bits per heavy atom. The van der Waals surface area contributed by atoms with E-state index in [1.165, 1.54) is 6.07 Å². The number of carboxylic acids is 1. The summed E-state index contributed by atoms with van der Waals surface area (Å²) in [7, 11) is 1.87. The molecule has 0 atom stereocenters. The van der Waals surface area contributed by atoms with Crippen molar-refractivity contribution in [1.29, 1.82) is 0 Å². The maximum atomic E-state index is 10.7. The fraction of sp³-hybridized carbons (Fsp3) is 0.364. The highest BCUT2D eigenvalue weighted by Gasteiger charge is 2.15. The van der Waals surface area contributed by atoms with E-state index >= 15 is 0 Å². The second kappa shape index (κ2) is 4.04. The lowest BCUT2D eigenvalue weighted by atomic mass is 10.1. The number of rotatable bonds is 3. The number of carboxylic acid groups (broad SMARTS) is 1. The molecule has 90 valence electrons. The molecule has 2 aromatic heterocycles. The molecule has 0 amide bonds. The highest BCUT2D eigenvalue weighted by atomic mass is 16.5. The van der Waals surface area contributed by atoms with Crippen LogP contribution in [-0.4, -0.2) is 26.0 Å². The topological polar surface area (TPSA) is 81.2 Å². The van der Waals surface area contributed by atoms with Gasteiger partial charge in [0.05, 0.1) is 5.69 Å². The molecule has 0 bridgehead atoms. The van der Waals surface area contributed by atoms with Gasteiger partial charge in [-0.2, -0.15) is 5.10 Å². The van der Waals surface area contributed by atoms with Crippen LogP contribution in [0.2, 0.25) is 0 Å². The molecular weight excluding hydrogens is 222 g/mol. The van der Waals surface area contributed by atoms with Crippen molar-refractivity contribution in [2.45, 2.75) is 20.3 Å². The second-order valence-electron chi connectivity index (χ2n) is 3.93. The van der Waals surface area contributed by atoms with Crippen LogP contribution in [0.15, 0.2) is 10.6 Å². The molecule has 0 fully saturated rings. The normalized spacial score (nSPS) is 10.8. The Balaban J connectivity index is 2.28. The van der Waals surface area contributed by atoms with E-state index in [9.17, 15) is 4.79 Å². The molecule has 2 heterocycles. The van der Waals surface area contributed by atoms with Crippen LogP contribution < -0.4 is 0 Å². The van der Waals surface area contributed by atoms with E-state index in [1.54, 1.807) is 4.68 Å². The van der Waals surface area contributed by atoms with Crippen molar-refractivity contribution in [2.24, 2.45) is 7.05 Å². The van der Waals surface area contributed by atoms with Crippen LogP contribution in [0, 0.1) is 13.8 Å². The molecule has 0 saturated heterocycles. The zero-order valence-electron chi connectivity index (χ0n) is 9.89. The van der Waals surface area contributed by atoms with Gasteiger partial charge < -0.3 is 9.63 Å². The minimum atomic E-state index is -1.08.